The maximum absolute atomic E-state index is 12.5. The van der Waals surface area contributed by atoms with Crippen LogP contribution in [0.5, 0.6) is 11.6 Å². The number of carbonyl (C=O) groups is 1. The van der Waals surface area contributed by atoms with Gasteiger partial charge in [0.2, 0.25) is 5.88 Å². The fraction of sp³-hybridized carbons (Fsp3) is 0.400. The highest BCUT2D eigenvalue weighted by molar-refractivity contribution is 5.89. The van der Waals surface area contributed by atoms with Crippen molar-refractivity contribution in [1.82, 2.24) is 9.88 Å². The molecule has 0 radical (unpaired) electrons. The summed E-state index contributed by atoms with van der Waals surface area (Å²) in [5.74, 6) is 1.69. The predicted molar refractivity (Wildman–Crippen MR) is 103 cm³/mol. The van der Waals surface area contributed by atoms with Crippen LogP contribution in [0.25, 0.3) is 0 Å². The molecular weight excluding hydrogens is 346 g/mol. The number of pyridine rings is 1. The van der Waals surface area contributed by atoms with E-state index in [0.717, 1.165) is 18.7 Å². The fourth-order valence-corrected chi connectivity index (χ4v) is 3.06. The monoisotopic (exact) mass is 371 g/mol. The number of hydrogen-bond acceptors (Lipinski definition) is 5. The van der Waals surface area contributed by atoms with E-state index in [-0.39, 0.29) is 6.03 Å². The number of anilines is 1. The zero-order valence-corrected chi connectivity index (χ0v) is 15.7. The second-order valence-corrected chi connectivity index (χ2v) is 6.36. The van der Waals surface area contributed by atoms with E-state index in [9.17, 15) is 4.79 Å². The lowest BCUT2D eigenvalue weighted by Gasteiger charge is -2.17. The number of nitrogens with one attached hydrogen (secondary N) is 1. The normalized spacial score (nSPS) is 16.2. The second-order valence-electron chi connectivity index (χ2n) is 6.36. The molecule has 7 nitrogen and oxygen atoms in total. The van der Waals surface area contributed by atoms with Crippen LogP contribution < -0.4 is 14.8 Å². The van der Waals surface area contributed by atoms with Gasteiger partial charge in [0.05, 0.1) is 25.6 Å². The van der Waals surface area contributed by atoms with E-state index in [1.54, 1.807) is 32.5 Å². The lowest BCUT2D eigenvalue weighted by Crippen LogP contribution is -2.32. The lowest BCUT2D eigenvalue weighted by molar-refractivity contribution is 0.144. The zero-order valence-electron chi connectivity index (χ0n) is 15.7. The highest BCUT2D eigenvalue weighted by Gasteiger charge is 2.27. The van der Waals surface area contributed by atoms with Gasteiger partial charge in [-0.05, 0) is 30.2 Å². The highest BCUT2D eigenvalue weighted by Crippen LogP contribution is 2.28. The molecule has 1 aromatic carbocycles. The van der Waals surface area contributed by atoms with Crippen LogP contribution in [0.15, 0.2) is 42.6 Å². The molecule has 1 aliphatic rings. The highest BCUT2D eigenvalue weighted by atomic mass is 16.5. The first-order valence-electron chi connectivity index (χ1n) is 8.97. The number of amides is 2. The van der Waals surface area contributed by atoms with Gasteiger partial charge < -0.3 is 24.4 Å². The van der Waals surface area contributed by atoms with E-state index in [1.807, 2.05) is 17.0 Å². The van der Waals surface area contributed by atoms with Crippen molar-refractivity contribution < 1.29 is 19.0 Å². The van der Waals surface area contributed by atoms with Crippen molar-refractivity contribution in [3.05, 3.63) is 48.2 Å². The summed E-state index contributed by atoms with van der Waals surface area (Å²) in [5.41, 5.74) is 1.87. The van der Waals surface area contributed by atoms with Gasteiger partial charge in [0.15, 0.2) is 0 Å². The van der Waals surface area contributed by atoms with Crippen molar-refractivity contribution in [3.63, 3.8) is 0 Å². The SMILES string of the molecule is COCCOc1ccc(NC(=O)N2CCC(c3ccc(OC)cc3)C2)cn1. The van der Waals surface area contributed by atoms with Crippen molar-refractivity contribution in [2.24, 2.45) is 0 Å². The van der Waals surface area contributed by atoms with Crippen LogP contribution in [-0.4, -0.2) is 56.4 Å². The zero-order chi connectivity index (χ0) is 19.1. The predicted octanol–water partition coefficient (Wildman–Crippen LogP) is 3.14. The number of urea groups is 1. The molecule has 0 bridgehead atoms. The van der Waals surface area contributed by atoms with Gasteiger partial charge in [-0.2, -0.15) is 0 Å². The molecule has 2 aromatic rings. The van der Waals surface area contributed by atoms with Gasteiger partial charge in [-0.1, -0.05) is 12.1 Å². The number of hydrogen-bond donors (Lipinski definition) is 1. The third-order valence-electron chi connectivity index (χ3n) is 4.59. The Balaban J connectivity index is 1.51. The van der Waals surface area contributed by atoms with E-state index in [0.29, 0.717) is 37.2 Å². The standard InChI is InChI=1S/C20H25N3O4/c1-25-11-12-27-19-8-5-17(13-21-19)22-20(24)23-10-9-16(14-23)15-3-6-18(26-2)7-4-15/h3-8,13,16H,9-12,14H2,1-2H3,(H,22,24). The van der Waals surface area contributed by atoms with Gasteiger partial charge in [-0.15, -0.1) is 0 Å². The van der Waals surface area contributed by atoms with Crippen LogP contribution in [0.1, 0.15) is 17.9 Å². The molecule has 144 valence electrons. The molecule has 1 saturated heterocycles. The molecule has 1 aliphatic heterocycles. The summed E-state index contributed by atoms with van der Waals surface area (Å²) in [7, 11) is 3.27. The number of ether oxygens (including phenoxy) is 3. The van der Waals surface area contributed by atoms with Gasteiger partial charge in [-0.3, -0.25) is 0 Å². The number of benzene rings is 1. The van der Waals surface area contributed by atoms with E-state index < -0.39 is 0 Å². The first-order chi connectivity index (χ1) is 13.2. The van der Waals surface area contributed by atoms with Crippen LogP contribution in [0.2, 0.25) is 0 Å². The molecule has 1 aromatic heterocycles. The number of carbonyl (C=O) groups excluding carboxylic acids is 1. The van der Waals surface area contributed by atoms with Crippen LogP contribution in [0, 0.1) is 0 Å². The summed E-state index contributed by atoms with van der Waals surface area (Å²) < 4.78 is 15.5. The molecule has 3 rings (SSSR count). The van der Waals surface area contributed by atoms with Crippen LogP contribution in [0.4, 0.5) is 10.5 Å². The Morgan fingerprint density at radius 1 is 1.19 bits per heavy atom. The molecule has 2 heterocycles. The smallest absolute Gasteiger partial charge is 0.321 e. The minimum absolute atomic E-state index is 0.110. The van der Waals surface area contributed by atoms with E-state index in [1.165, 1.54) is 5.56 Å². The lowest BCUT2D eigenvalue weighted by atomic mass is 9.98. The largest absolute Gasteiger partial charge is 0.497 e. The summed E-state index contributed by atoms with van der Waals surface area (Å²) in [6.45, 7) is 2.37. The summed E-state index contributed by atoms with van der Waals surface area (Å²) in [6, 6.07) is 11.5. The molecule has 27 heavy (non-hydrogen) atoms. The first kappa shape index (κ1) is 19.0. The molecule has 0 saturated carbocycles. The summed E-state index contributed by atoms with van der Waals surface area (Å²) >= 11 is 0. The number of nitrogens with zero attached hydrogens (tertiary/aromatic N) is 2. The van der Waals surface area contributed by atoms with E-state index in [4.69, 9.17) is 14.2 Å². The Morgan fingerprint density at radius 3 is 2.67 bits per heavy atom. The minimum Gasteiger partial charge on any atom is -0.497 e. The Hall–Kier alpha value is -2.80. The quantitative estimate of drug-likeness (QED) is 0.757. The summed E-state index contributed by atoms with van der Waals surface area (Å²) in [4.78, 5) is 18.5. The number of rotatable bonds is 7. The van der Waals surface area contributed by atoms with Crippen molar-refractivity contribution in [2.75, 3.05) is 45.8 Å². The molecule has 1 unspecified atom stereocenters. The Morgan fingerprint density at radius 2 is 2.00 bits per heavy atom. The minimum atomic E-state index is -0.110. The van der Waals surface area contributed by atoms with Crippen molar-refractivity contribution in [2.45, 2.75) is 12.3 Å². The van der Waals surface area contributed by atoms with Crippen molar-refractivity contribution in [3.8, 4) is 11.6 Å². The van der Waals surface area contributed by atoms with Crippen LogP contribution in [-0.2, 0) is 4.74 Å². The molecule has 0 aliphatic carbocycles. The van der Waals surface area contributed by atoms with Gasteiger partial charge in [-0.25, -0.2) is 9.78 Å². The Labute approximate surface area is 159 Å². The molecule has 7 heteroatoms. The first-order valence-corrected chi connectivity index (χ1v) is 8.97. The average molecular weight is 371 g/mol. The number of methoxy groups -OCH3 is 2. The molecule has 1 N–H and O–H groups in total. The maximum atomic E-state index is 12.5. The van der Waals surface area contributed by atoms with Crippen LogP contribution >= 0.6 is 0 Å². The van der Waals surface area contributed by atoms with Gasteiger partial charge in [0, 0.05) is 32.2 Å². The third kappa shape index (κ3) is 5.10. The van der Waals surface area contributed by atoms with Gasteiger partial charge in [0.1, 0.15) is 12.4 Å². The van der Waals surface area contributed by atoms with Crippen molar-refractivity contribution >= 4 is 11.7 Å². The third-order valence-corrected chi connectivity index (χ3v) is 4.59. The molecule has 1 fully saturated rings. The maximum Gasteiger partial charge on any atom is 0.321 e. The van der Waals surface area contributed by atoms with E-state index >= 15 is 0 Å². The fourth-order valence-electron chi connectivity index (χ4n) is 3.06. The molecule has 2 amide bonds. The molecule has 1 atom stereocenters. The number of aromatic nitrogens is 1. The summed E-state index contributed by atoms with van der Waals surface area (Å²) in [5, 5.41) is 2.89. The topological polar surface area (TPSA) is 72.9 Å². The van der Waals surface area contributed by atoms with Gasteiger partial charge in [0.25, 0.3) is 0 Å². The Kier molecular flexibility index (Phi) is 6.49. The molecular formula is C20H25N3O4. The molecule has 0 spiro atoms. The number of likely N-dealkylation sites (tertiary alicyclic amines) is 1. The van der Waals surface area contributed by atoms with Crippen molar-refractivity contribution in [1.29, 1.82) is 0 Å². The van der Waals surface area contributed by atoms with E-state index in [2.05, 4.69) is 22.4 Å². The summed E-state index contributed by atoms with van der Waals surface area (Å²) in [6.07, 6.45) is 2.54. The van der Waals surface area contributed by atoms with Crippen LogP contribution in [0.3, 0.4) is 0 Å². The average Bonchev–Trinajstić information content (AvgIpc) is 3.20. The van der Waals surface area contributed by atoms with Gasteiger partial charge >= 0.3 is 6.03 Å². The Bertz CT molecular complexity index is 734. The second kappa shape index (κ2) is 9.23.